The first kappa shape index (κ1) is 9.04. The second kappa shape index (κ2) is 4.75. The van der Waals surface area contributed by atoms with Crippen molar-refractivity contribution in [1.82, 2.24) is 0 Å². The Balaban J connectivity index is 1.73. The third-order valence-electron chi connectivity index (χ3n) is 1.80. The van der Waals surface area contributed by atoms with Gasteiger partial charge in [-0.1, -0.05) is 0 Å². The summed E-state index contributed by atoms with van der Waals surface area (Å²) in [6.45, 7) is 1.52. The number of hydrogen-bond acceptors (Lipinski definition) is 3. The highest BCUT2D eigenvalue weighted by Crippen LogP contribution is 2.28. The zero-order valence-electron chi connectivity index (χ0n) is 6.70. The molecule has 0 aliphatic heterocycles. The molecule has 3 nitrogen and oxygen atoms in total. The molecule has 1 aliphatic rings. The lowest BCUT2D eigenvalue weighted by molar-refractivity contribution is 0.124. The van der Waals surface area contributed by atoms with Crippen LogP contribution in [0.1, 0.15) is 19.3 Å². The molecule has 0 aromatic carbocycles. The monoisotopic (exact) mass is 158 g/mol. The molecule has 0 radical (unpaired) electrons. The maximum absolute atomic E-state index is 8.47. The lowest BCUT2D eigenvalue weighted by Gasteiger charge is -2.01. The lowest BCUT2D eigenvalue weighted by Crippen LogP contribution is -2.11. The molecular weight excluding hydrogens is 143 g/mol. The molecule has 0 atom stereocenters. The van der Waals surface area contributed by atoms with Gasteiger partial charge in [-0.15, -0.1) is 0 Å². The average molecular weight is 158 g/mol. The zero-order valence-corrected chi connectivity index (χ0v) is 6.70. The van der Waals surface area contributed by atoms with E-state index in [0.29, 0.717) is 12.9 Å². The Morgan fingerprint density at radius 3 is 2.64 bits per heavy atom. The molecule has 0 aromatic rings. The lowest BCUT2D eigenvalue weighted by atomic mass is 9.85. The molecule has 1 saturated carbocycles. The maximum Gasteiger partial charge on any atom is 0.451 e. The van der Waals surface area contributed by atoms with Crippen molar-refractivity contribution in [2.75, 3.05) is 13.2 Å². The summed E-state index contributed by atoms with van der Waals surface area (Å²) in [6, 6.07) is 0. The predicted octanol–water partition coefficient (Wildman–Crippen LogP) is 0.276. The van der Waals surface area contributed by atoms with Crippen LogP contribution in [0.3, 0.4) is 0 Å². The van der Waals surface area contributed by atoms with Crippen LogP contribution in [-0.2, 0) is 4.74 Å². The minimum Gasteiger partial charge on any atom is -0.427 e. The summed E-state index contributed by atoms with van der Waals surface area (Å²) in [7, 11) is -1.17. The molecule has 0 amide bonds. The molecular formula is C7H15BO3. The van der Waals surface area contributed by atoms with Gasteiger partial charge >= 0.3 is 7.12 Å². The number of ether oxygens (including phenoxy) is 1. The average Bonchev–Trinajstić information content (AvgIpc) is 2.70. The van der Waals surface area contributed by atoms with Crippen LogP contribution in [0.4, 0.5) is 0 Å². The molecule has 0 aromatic heterocycles. The number of rotatable bonds is 6. The molecule has 0 heterocycles. The van der Waals surface area contributed by atoms with Gasteiger partial charge in [-0.25, -0.2) is 0 Å². The first-order valence-corrected chi connectivity index (χ1v) is 4.23. The summed E-state index contributed by atoms with van der Waals surface area (Å²) in [4.78, 5) is 0. The van der Waals surface area contributed by atoms with E-state index in [-0.39, 0.29) is 0 Å². The van der Waals surface area contributed by atoms with Crippen molar-refractivity contribution >= 4 is 7.12 Å². The van der Waals surface area contributed by atoms with Crippen molar-refractivity contribution in [3.05, 3.63) is 0 Å². The van der Waals surface area contributed by atoms with Gasteiger partial charge in [-0.2, -0.15) is 0 Å². The molecule has 1 fully saturated rings. The first-order valence-electron chi connectivity index (χ1n) is 4.23. The fourth-order valence-corrected chi connectivity index (χ4v) is 0.902. The molecule has 0 spiro atoms. The Bertz CT molecular complexity index is 99.9. The molecule has 0 unspecified atom stereocenters. The SMILES string of the molecule is OB(O)CCCOCC1CC1. The Morgan fingerprint density at radius 2 is 2.09 bits per heavy atom. The largest absolute Gasteiger partial charge is 0.451 e. The van der Waals surface area contributed by atoms with Gasteiger partial charge in [0.15, 0.2) is 0 Å². The maximum atomic E-state index is 8.47. The van der Waals surface area contributed by atoms with Crippen LogP contribution in [0, 0.1) is 5.92 Å². The normalized spacial score (nSPS) is 16.9. The smallest absolute Gasteiger partial charge is 0.427 e. The van der Waals surface area contributed by atoms with Crippen LogP contribution in [0.2, 0.25) is 6.32 Å². The summed E-state index contributed by atoms with van der Waals surface area (Å²) in [6.07, 6.45) is 3.78. The van der Waals surface area contributed by atoms with Gasteiger partial charge in [0.1, 0.15) is 0 Å². The van der Waals surface area contributed by atoms with E-state index in [1.807, 2.05) is 0 Å². The van der Waals surface area contributed by atoms with E-state index in [0.717, 1.165) is 18.9 Å². The van der Waals surface area contributed by atoms with Crippen LogP contribution in [0.25, 0.3) is 0 Å². The predicted molar refractivity (Wildman–Crippen MR) is 43.2 cm³/mol. The van der Waals surface area contributed by atoms with E-state index in [9.17, 15) is 0 Å². The molecule has 4 heteroatoms. The quantitative estimate of drug-likeness (QED) is 0.431. The van der Waals surface area contributed by atoms with E-state index in [2.05, 4.69) is 0 Å². The molecule has 0 bridgehead atoms. The topological polar surface area (TPSA) is 49.7 Å². The summed E-state index contributed by atoms with van der Waals surface area (Å²) >= 11 is 0. The van der Waals surface area contributed by atoms with E-state index in [4.69, 9.17) is 14.8 Å². The molecule has 1 aliphatic carbocycles. The Labute approximate surface area is 67.5 Å². The summed E-state index contributed by atoms with van der Waals surface area (Å²) < 4.78 is 5.29. The molecule has 1 rings (SSSR count). The standard InChI is InChI=1S/C7H15BO3/c9-8(10)4-1-5-11-6-7-2-3-7/h7,9-10H,1-6H2. The van der Waals surface area contributed by atoms with E-state index < -0.39 is 7.12 Å². The van der Waals surface area contributed by atoms with Crippen LogP contribution >= 0.6 is 0 Å². The second-order valence-corrected chi connectivity index (χ2v) is 3.14. The van der Waals surface area contributed by atoms with Gasteiger partial charge in [0.2, 0.25) is 0 Å². The van der Waals surface area contributed by atoms with Crippen LogP contribution in [0.15, 0.2) is 0 Å². The van der Waals surface area contributed by atoms with Crippen LogP contribution < -0.4 is 0 Å². The Kier molecular flexibility index (Phi) is 3.90. The van der Waals surface area contributed by atoms with Gasteiger partial charge < -0.3 is 14.8 Å². The van der Waals surface area contributed by atoms with Crippen molar-refractivity contribution in [3.8, 4) is 0 Å². The highest BCUT2D eigenvalue weighted by atomic mass is 16.5. The van der Waals surface area contributed by atoms with E-state index in [1.54, 1.807) is 0 Å². The highest BCUT2D eigenvalue weighted by molar-refractivity contribution is 6.40. The van der Waals surface area contributed by atoms with Crippen molar-refractivity contribution < 1.29 is 14.8 Å². The fraction of sp³-hybridized carbons (Fsp3) is 1.00. The van der Waals surface area contributed by atoms with Gasteiger partial charge in [-0.05, 0) is 31.5 Å². The van der Waals surface area contributed by atoms with Gasteiger partial charge in [0.05, 0.1) is 0 Å². The molecule has 64 valence electrons. The fourth-order valence-electron chi connectivity index (χ4n) is 0.902. The van der Waals surface area contributed by atoms with Crippen molar-refractivity contribution in [3.63, 3.8) is 0 Å². The first-order chi connectivity index (χ1) is 5.29. The third-order valence-corrected chi connectivity index (χ3v) is 1.80. The Morgan fingerprint density at radius 1 is 1.36 bits per heavy atom. The van der Waals surface area contributed by atoms with E-state index in [1.165, 1.54) is 12.8 Å². The Hall–Kier alpha value is -0.0551. The van der Waals surface area contributed by atoms with E-state index >= 15 is 0 Å². The summed E-state index contributed by atoms with van der Waals surface area (Å²) in [5.41, 5.74) is 0. The molecule has 2 N–H and O–H groups in total. The van der Waals surface area contributed by atoms with Gasteiger partial charge in [0, 0.05) is 13.2 Å². The summed E-state index contributed by atoms with van der Waals surface area (Å²) in [5.74, 6) is 0.800. The highest BCUT2D eigenvalue weighted by Gasteiger charge is 2.20. The van der Waals surface area contributed by atoms with Gasteiger partial charge in [0.25, 0.3) is 0 Å². The van der Waals surface area contributed by atoms with Crippen molar-refractivity contribution in [1.29, 1.82) is 0 Å². The van der Waals surface area contributed by atoms with Gasteiger partial charge in [-0.3, -0.25) is 0 Å². The molecule has 11 heavy (non-hydrogen) atoms. The zero-order chi connectivity index (χ0) is 8.10. The number of hydrogen-bond donors (Lipinski definition) is 2. The molecule has 0 saturated heterocycles. The summed E-state index contributed by atoms with van der Waals surface area (Å²) in [5, 5.41) is 16.9. The van der Waals surface area contributed by atoms with Crippen molar-refractivity contribution in [2.24, 2.45) is 5.92 Å². The minimum absolute atomic E-state index is 0.421. The third kappa shape index (κ3) is 5.24. The minimum atomic E-state index is -1.17. The van der Waals surface area contributed by atoms with Crippen LogP contribution in [-0.4, -0.2) is 30.4 Å². The van der Waals surface area contributed by atoms with Crippen molar-refractivity contribution in [2.45, 2.75) is 25.6 Å². The second-order valence-electron chi connectivity index (χ2n) is 3.14. The van der Waals surface area contributed by atoms with Crippen LogP contribution in [0.5, 0.6) is 0 Å².